The van der Waals surface area contributed by atoms with Crippen molar-refractivity contribution in [3.05, 3.63) is 44.9 Å². The highest BCUT2D eigenvalue weighted by Crippen LogP contribution is 2.21. The van der Waals surface area contributed by atoms with Gasteiger partial charge in [0.15, 0.2) is 5.13 Å². The Labute approximate surface area is 172 Å². The molecule has 0 saturated carbocycles. The lowest BCUT2D eigenvalue weighted by Gasteiger charge is -2.23. The van der Waals surface area contributed by atoms with Crippen molar-refractivity contribution in [2.45, 2.75) is 20.3 Å². The molecule has 1 N–H and O–H groups in total. The number of thiazole rings is 1. The van der Waals surface area contributed by atoms with Crippen molar-refractivity contribution in [3.63, 3.8) is 0 Å². The van der Waals surface area contributed by atoms with E-state index in [1.807, 2.05) is 40.1 Å². The molecule has 146 valence electrons. The molecule has 0 radical (unpaired) electrons. The van der Waals surface area contributed by atoms with Gasteiger partial charge in [0.1, 0.15) is 6.54 Å². The van der Waals surface area contributed by atoms with E-state index in [4.69, 9.17) is 0 Å². The van der Waals surface area contributed by atoms with Gasteiger partial charge in [-0.25, -0.2) is 4.98 Å². The number of anilines is 1. The summed E-state index contributed by atoms with van der Waals surface area (Å²) < 4.78 is 0.908. The standard InChI is InChI=1S/C19H25BrN4O2S/c1-13-14(2)27-19(21-13)22-17(25)12-24(11-5-10-23(3)4)18(26)15-6-8-16(20)9-7-15/h6-9H,5,10-12H2,1-4H3,(H,21,22,25). The second kappa shape index (κ2) is 9.96. The zero-order valence-corrected chi connectivity index (χ0v) is 18.5. The molecule has 0 aliphatic rings. The molecule has 27 heavy (non-hydrogen) atoms. The van der Waals surface area contributed by atoms with Crippen molar-refractivity contribution in [2.75, 3.05) is 39.0 Å². The van der Waals surface area contributed by atoms with Crippen molar-refractivity contribution in [1.29, 1.82) is 0 Å². The Kier molecular flexibility index (Phi) is 7.94. The molecule has 2 aromatic rings. The van der Waals surface area contributed by atoms with Gasteiger partial charge in [0.2, 0.25) is 5.91 Å². The highest BCUT2D eigenvalue weighted by atomic mass is 79.9. The molecule has 0 bridgehead atoms. The zero-order chi connectivity index (χ0) is 20.0. The number of aryl methyl sites for hydroxylation is 2. The van der Waals surface area contributed by atoms with Crippen LogP contribution in [0.2, 0.25) is 0 Å². The van der Waals surface area contributed by atoms with Gasteiger partial charge in [0, 0.05) is 21.5 Å². The van der Waals surface area contributed by atoms with Crippen LogP contribution >= 0.6 is 27.3 Å². The second-order valence-corrected chi connectivity index (χ2v) is 8.72. The first kappa shape index (κ1) is 21.5. The largest absolute Gasteiger partial charge is 0.329 e. The number of hydrogen-bond acceptors (Lipinski definition) is 5. The molecule has 2 rings (SSSR count). The van der Waals surface area contributed by atoms with Gasteiger partial charge in [-0.05, 0) is 65.2 Å². The molecule has 0 saturated heterocycles. The van der Waals surface area contributed by atoms with Crippen molar-refractivity contribution >= 4 is 44.2 Å². The van der Waals surface area contributed by atoms with Gasteiger partial charge in [-0.3, -0.25) is 9.59 Å². The number of aromatic nitrogens is 1. The molecule has 6 nitrogen and oxygen atoms in total. The molecule has 0 aliphatic heterocycles. The molecule has 0 spiro atoms. The van der Waals surface area contributed by atoms with E-state index in [2.05, 4.69) is 31.1 Å². The van der Waals surface area contributed by atoms with Crippen LogP contribution < -0.4 is 5.32 Å². The minimum Gasteiger partial charge on any atom is -0.329 e. The number of nitrogens with one attached hydrogen (secondary N) is 1. The minimum atomic E-state index is -0.237. The van der Waals surface area contributed by atoms with E-state index >= 15 is 0 Å². The predicted molar refractivity (Wildman–Crippen MR) is 113 cm³/mol. The Bertz CT molecular complexity index is 770. The number of nitrogens with zero attached hydrogens (tertiary/aromatic N) is 3. The van der Waals surface area contributed by atoms with Crippen LogP contribution in [-0.4, -0.2) is 60.3 Å². The lowest BCUT2D eigenvalue weighted by atomic mass is 10.2. The number of carbonyl (C=O) groups excluding carboxylic acids is 2. The minimum absolute atomic E-state index is 0.00000106. The first-order chi connectivity index (χ1) is 12.8. The van der Waals surface area contributed by atoms with Gasteiger partial charge >= 0.3 is 0 Å². The van der Waals surface area contributed by atoms with E-state index in [1.54, 1.807) is 17.0 Å². The first-order valence-corrected chi connectivity index (χ1v) is 10.3. The average Bonchev–Trinajstić information content (AvgIpc) is 2.91. The van der Waals surface area contributed by atoms with Crippen molar-refractivity contribution in [3.8, 4) is 0 Å². The molecular formula is C19H25BrN4O2S. The zero-order valence-electron chi connectivity index (χ0n) is 16.1. The first-order valence-electron chi connectivity index (χ1n) is 8.69. The summed E-state index contributed by atoms with van der Waals surface area (Å²) in [4.78, 5) is 34.4. The topological polar surface area (TPSA) is 65.5 Å². The fourth-order valence-electron chi connectivity index (χ4n) is 2.46. The Hall–Kier alpha value is -1.77. The molecular weight excluding hydrogens is 428 g/mol. The van der Waals surface area contributed by atoms with Gasteiger partial charge in [-0.1, -0.05) is 15.9 Å². The summed E-state index contributed by atoms with van der Waals surface area (Å²) in [6.45, 7) is 5.23. The lowest BCUT2D eigenvalue weighted by Crippen LogP contribution is -2.39. The summed E-state index contributed by atoms with van der Waals surface area (Å²) in [5, 5.41) is 3.37. The SMILES string of the molecule is Cc1nc(NC(=O)CN(CCCN(C)C)C(=O)c2ccc(Br)cc2)sc1C. The number of rotatable bonds is 8. The smallest absolute Gasteiger partial charge is 0.254 e. The molecule has 2 amide bonds. The quantitative estimate of drug-likeness (QED) is 0.664. The maximum Gasteiger partial charge on any atom is 0.254 e. The fraction of sp³-hybridized carbons (Fsp3) is 0.421. The van der Waals surface area contributed by atoms with E-state index in [0.29, 0.717) is 17.2 Å². The van der Waals surface area contributed by atoms with Gasteiger partial charge in [-0.15, -0.1) is 11.3 Å². The Balaban J connectivity index is 2.07. The summed E-state index contributed by atoms with van der Waals surface area (Å²) in [6.07, 6.45) is 0.790. The van der Waals surface area contributed by atoms with Crippen LogP contribution in [0.15, 0.2) is 28.7 Å². The lowest BCUT2D eigenvalue weighted by molar-refractivity contribution is -0.116. The van der Waals surface area contributed by atoms with Crippen LogP contribution in [0.3, 0.4) is 0 Å². The van der Waals surface area contributed by atoms with Crippen LogP contribution in [0.1, 0.15) is 27.3 Å². The highest BCUT2D eigenvalue weighted by molar-refractivity contribution is 9.10. The van der Waals surface area contributed by atoms with Gasteiger partial charge < -0.3 is 15.1 Å². The van der Waals surface area contributed by atoms with E-state index in [0.717, 1.165) is 28.0 Å². The van der Waals surface area contributed by atoms with Gasteiger partial charge in [0.05, 0.1) is 5.69 Å². The third kappa shape index (κ3) is 6.71. The number of carbonyl (C=O) groups is 2. The summed E-state index contributed by atoms with van der Waals surface area (Å²) in [6, 6.07) is 7.17. The summed E-state index contributed by atoms with van der Waals surface area (Å²) in [5.41, 5.74) is 1.47. The molecule has 1 aromatic heterocycles. The van der Waals surface area contributed by atoms with Crippen LogP contribution in [0, 0.1) is 13.8 Å². The molecule has 8 heteroatoms. The highest BCUT2D eigenvalue weighted by Gasteiger charge is 2.19. The average molecular weight is 453 g/mol. The molecule has 0 atom stereocenters. The van der Waals surface area contributed by atoms with Crippen LogP contribution in [0.5, 0.6) is 0 Å². The van der Waals surface area contributed by atoms with E-state index in [9.17, 15) is 9.59 Å². The van der Waals surface area contributed by atoms with Crippen LogP contribution in [0.25, 0.3) is 0 Å². The van der Waals surface area contributed by atoms with Crippen LogP contribution in [0.4, 0.5) is 5.13 Å². The molecule has 0 fully saturated rings. The third-order valence-corrected chi connectivity index (χ3v) is 5.54. The summed E-state index contributed by atoms with van der Waals surface area (Å²) in [7, 11) is 3.97. The monoisotopic (exact) mass is 452 g/mol. The maximum absolute atomic E-state index is 12.9. The Morgan fingerprint density at radius 3 is 2.37 bits per heavy atom. The Morgan fingerprint density at radius 1 is 1.15 bits per heavy atom. The van der Waals surface area contributed by atoms with Crippen molar-refractivity contribution in [2.24, 2.45) is 0 Å². The molecule has 1 aromatic carbocycles. The normalized spacial score (nSPS) is 10.9. The number of halogens is 1. The molecule has 0 unspecified atom stereocenters. The summed E-state index contributed by atoms with van der Waals surface area (Å²) >= 11 is 4.81. The number of hydrogen-bond donors (Lipinski definition) is 1. The summed E-state index contributed by atoms with van der Waals surface area (Å²) in [5.74, 6) is -0.387. The van der Waals surface area contributed by atoms with E-state index in [1.165, 1.54) is 11.3 Å². The molecule has 0 aliphatic carbocycles. The maximum atomic E-state index is 12.9. The second-order valence-electron chi connectivity index (χ2n) is 6.60. The Morgan fingerprint density at radius 2 is 1.81 bits per heavy atom. The van der Waals surface area contributed by atoms with E-state index in [-0.39, 0.29) is 18.4 Å². The molecule has 1 heterocycles. The van der Waals surface area contributed by atoms with Gasteiger partial charge in [0.25, 0.3) is 5.91 Å². The third-order valence-electron chi connectivity index (χ3n) is 4.02. The fourth-order valence-corrected chi connectivity index (χ4v) is 3.56. The predicted octanol–water partition coefficient (Wildman–Crippen LogP) is 3.56. The van der Waals surface area contributed by atoms with E-state index < -0.39 is 0 Å². The van der Waals surface area contributed by atoms with Gasteiger partial charge in [-0.2, -0.15) is 0 Å². The number of amides is 2. The van der Waals surface area contributed by atoms with Crippen LogP contribution in [-0.2, 0) is 4.79 Å². The van der Waals surface area contributed by atoms with Crippen molar-refractivity contribution < 1.29 is 9.59 Å². The number of benzene rings is 1. The van der Waals surface area contributed by atoms with Crippen molar-refractivity contribution in [1.82, 2.24) is 14.8 Å².